The summed E-state index contributed by atoms with van der Waals surface area (Å²) in [5, 5.41) is 11.7. The lowest BCUT2D eigenvalue weighted by atomic mass is 10.5. The van der Waals surface area contributed by atoms with E-state index in [9.17, 15) is 4.79 Å². The number of thioether (sulfide) groups is 1. The van der Waals surface area contributed by atoms with Crippen LogP contribution in [-0.2, 0) is 4.79 Å². The molecule has 4 nitrogen and oxygen atoms in total. The van der Waals surface area contributed by atoms with Crippen molar-refractivity contribution in [1.82, 2.24) is 10.2 Å². The van der Waals surface area contributed by atoms with Crippen molar-refractivity contribution in [2.75, 3.05) is 12.8 Å². The van der Waals surface area contributed by atoms with E-state index in [-0.39, 0.29) is 5.50 Å². The molecule has 0 aromatic carbocycles. The van der Waals surface area contributed by atoms with Gasteiger partial charge in [0.1, 0.15) is 11.2 Å². The summed E-state index contributed by atoms with van der Waals surface area (Å²) in [6.07, 6.45) is 1.54. The van der Waals surface area contributed by atoms with Crippen LogP contribution in [0.25, 0.3) is 0 Å². The summed E-state index contributed by atoms with van der Waals surface area (Å²) < 4.78 is 0. The highest BCUT2D eigenvalue weighted by atomic mass is 32.2. The van der Waals surface area contributed by atoms with Crippen LogP contribution in [0.1, 0.15) is 6.92 Å². The monoisotopic (exact) mass is 188 g/mol. The molecule has 0 saturated heterocycles. The van der Waals surface area contributed by atoms with E-state index in [2.05, 4.69) is 5.32 Å². The number of carbonyl (C=O) groups is 1. The fourth-order valence-corrected chi connectivity index (χ4v) is 1.84. The van der Waals surface area contributed by atoms with Crippen molar-refractivity contribution in [2.24, 2.45) is 0 Å². The lowest BCUT2D eigenvalue weighted by molar-refractivity contribution is -0.134. The van der Waals surface area contributed by atoms with Gasteiger partial charge in [-0.05, 0) is 5.75 Å². The van der Waals surface area contributed by atoms with Crippen molar-refractivity contribution in [2.45, 2.75) is 12.4 Å². The molecule has 0 amide bonds. The highest BCUT2D eigenvalue weighted by Gasteiger charge is 2.25. The first-order valence-electron chi connectivity index (χ1n) is 3.70. The van der Waals surface area contributed by atoms with Crippen LogP contribution in [0.15, 0.2) is 11.9 Å². The van der Waals surface area contributed by atoms with Gasteiger partial charge in [0.05, 0.1) is 0 Å². The number of rotatable bonds is 3. The normalized spacial score (nSPS) is 22.0. The van der Waals surface area contributed by atoms with Crippen LogP contribution in [-0.4, -0.2) is 34.3 Å². The second-order valence-electron chi connectivity index (χ2n) is 2.42. The van der Waals surface area contributed by atoms with E-state index in [1.165, 1.54) is 6.20 Å². The minimum Gasteiger partial charge on any atom is -0.477 e. The first-order chi connectivity index (χ1) is 5.66. The molecule has 1 aliphatic heterocycles. The highest BCUT2D eigenvalue weighted by molar-refractivity contribution is 7.99. The molecule has 2 N–H and O–H groups in total. The molecule has 0 aromatic heterocycles. The third-order valence-electron chi connectivity index (χ3n) is 1.64. The fourth-order valence-electron chi connectivity index (χ4n) is 1.02. The van der Waals surface area contributed by atoms with Crippen LogP contribution in [0, 0.1) is 0 Å². The van der Waals surface area contributed by atoms with Crippen LogP contribution in [0.2, 0.25) is 0 Å². The predicted octanol–water partition coefficient (Wildman–Crippen LogP) is 0.484. The molecule has 12 heavy (non-hydrogen) atoms. The van der Waals surface area contributed by atoms with Gasteiger partial charge in [0, 0.05) is 13.2 Å². The molecular formula is C7H12N2O2S. The maximum absolute atomic E-state index is 10.6. The Morgan fingerprint density at radius 1 is 1.92 bits per heavy atom. The van der Waals surface area contributed by atoms with Gasteiger partial charge in [0.2, 0.25) is 0 Å². The largest absolute Gasteiger partial charge is 0.477 e. The van der Waals surface area contributed by atoms with Gasteiger partial charge in [-0.3, -0.25) is 0 Å². The van der Waals surface area contributed by atoms with Gasteiger partial charge in [-0.15, -0.1) is 11.8 Å². The molecule has 1 heterocycles. The van der Waals surface area contributed by atoms with Crippen molar-refractivity contribution in [3.8, 4) is 0 Å². The molecule has 1 aliphatic rings. The van der Waals surface area contributed by atoms with Crippen LogP contribution in [0.4, 0.5) is 0 Å². The van der Waals surface area contributed by atoms with Gasteiger partial charge < -0.3 is 15.3 Å². The topological polar surface area (TPSA) is 52.6 Å². The Hall–Kier alpha value is -0.840. The van der Waals surface area contributed by atoms with E-state index in [1.54, 1.807) is 23.7 Å². The molecule has 0 spiro atoms. The minimum atomic E-state index is -0.885. The van der Waals surface area contributed by atoms with E-state index in [0.717, 1.165) is 5.75 Å². The van der Waals surface area contributed by atoms with Crippen molar-refractivity contribution in [3.05, 3.63) is 11.9 Å². The van der Waals surface area contributed by atoms with Crippen molar-refractivity contribution in [3.63, 3.8) is 0 Å². The molecule has 0 aromatic rings. The average molecular weight is 188 g/mol. The molecule has 0 radical (unpaired) electrons. The number of nitrogens with one attached hydrogen (secondary N) is 1. The summed E-state index contributed by atoms with van der Waals surface area (Å²) in [5.74, 6) is 0.0761. The summed E-state index contributed by atoms with van der Waals surface area (Å²) in [6, 6.07) is 0. The van der Waals surface area contributed by atoms with Crippen molar-refractivity contribution in [1.29, 1.82) is 0 Å². The summed E-state index contributed by atoms with van der Waals surface area (Å²) in [4.78, 5) is 12.3. The zero-order chi connectivity index (χ0) is 9.14. The van der Waals surface area contributed by atoms with Crippen LogP contribution < -0.4 is 5.32 Å². The average Bonchev–Trinajstić information content (AvgIpc) is 2.34. The number of hydrogen-bond acceptors (Lipinski definition) is 4. The van der Waals surface area contributed by atoms with E-state index >= 15 is 0 Å². The van der Waals surface area contributed by atoms with Gasteiger partial charge in [-0.1, -0.05) is 6.92 Å². The van der Waals surface area contributed by atoms with Crippen LogP contribution >= 0.6 is 11.8 Å². The molecule has 0 fully saturated rings. The Kier molecular flexibility index (Phi) is 2.86. The third kappa shape index (κ3) is 1.66. The number of carboxylic acid groups (broad SMARTS) is 1. The highest BCUT2D eigenvalue weighted by Crippen LogP contribution is 2.20. The van der Waals surface area contributed by atoms with Gasteiger partial charge in [-0.25, -0.2) is 4.79 Å². The maximum Gasteiger partial charge on any atom is 0.353 e. The van der Waals surface area contributed by atoms with E-state index < -0.39 is 5.97 Å². The van der Waals surface area contributed by atoms with Gasteiger partial charge in [0.15, 0.2) is 0 Å². The second-order valence-corrected chi connectivity index (χ2v) is 3.78. The first-order valence-corrected chi connectivity index (χ1v) is 4.75. The molecule has 0 saturated carbocycles. The smallest absolute Gasteiger partial charge is 0.353 e. The molecule has 1 rings (SSSR count). The standard InChI is InChI=1S/C7H12N2O2S/c1-3-12-7-8-4-5(6(10)11)9(7)2/h4,7-8H,3H2,1-2H3,(H,10,11). The SMILES string of the molecule is CCSC1NC=C(C(=O)O)N1C. The second kappa shape index (κ2) is 3.71. The zero-order valence-corrected chi connectivity index (χ0v) is 7.89. The van der Waals surface area contributed by atoms with Gasteiger partial charge in [0.25, 0.3) is 0 Å². The lowest BCUT2D eigenvalue weighted by Gasteiger charge is -2.21. The van der Waals surface area contributed by atoms with Crippen molar-refractivity contribution < 1.29 is 9.90 Å². The number of carboxylic acids is 1. The Morgan fingerprint density at radius 3 is 3.00 bits per heavy atom. The summed E-state index contributed by atoms with van der Waals surface area (Å²) in [7, 11) is 1.77. The molecular weight excluding hydrogens is 176 g/mol. The molecule has 0 bridgehead atoms. The molecule has 1 unspecified atom stereocenters. The Labute approximate surface area is 75.6 Å². The van der Waals surface area contributed by atoms with Crippen LogP contribution in [0.3, 0.4) is 0 Å². The number of nitrogens with zero attached hydrogens (tertiary/aromatic N) is 1. The first kappa shape index (κ1) is 9.25. The summed E-state index contributed by atoms with van der Waals surface area (Å²) in [6.45, 7) is 2.04. The molecule has 5 heteroatoms. The van der Waals surface area contributed by atoms with E-state index in [4.69, 9.17) is 5.11 Å². The third-order valence-corrected chi connectivity index (χ3v) is 2.74. The quantitative estimate of drug-likeness (QED) is 0.675. The number of aliphatic carboxylic acids is 1. The van der Waals surface area contributed by atoms with Crippen LogP contribution in [0.5, 0.6) is 0 Å². The Morgan fingerprint density at radius 2 is 2.58 bits per heavy atom. The Balaban J connectivity index is 2.57. The zero-order valence-electron chi connectivity index (χ0n) is 7.07. The fraction of sp³-hybridized carbons (Fsp3) is 0.571. The number of likely N-dealkylation sites (N-methyl/N-ethyl adjacent to an activating group) is 1. The lowest BCUT2D eigenvalue weighted by Crippen LogP contribution is -2.32. The predicted molar refractivity (Wildman–Crippen MR) is 48.5 cm³/mol. The van der Waals surface area contributed by atoms with Gasteiger partial charge >= 0.3 is 5.97 Å². The molecule has 68 valence electrons. The Bertz CT molecular complexity index is 217. The van der Waals surface area contributed by atoms with E-state index in [0.29, 0.717) is 5.70 Å². The molecule has 0 aliphatic carbocycles. The summed E-state index contributed by atoms with van der Waals surface area (Å²) >= 11 is 1.67. The van der Waals surface area contributed by atoms with E-state index in [1.807, 2.05) is 6.92 Å². The van der Waals surface area contributed by atoms with Gasteiger partial charge in [-0.2, -0.15) is 0 Å². The number of hydrogen-bond donors (Lipinski definition) is 2. The maximum atomic E-state index is 10.6. The summed E-state index contributed by atoms with van der Waals surface area (Å²) in [5.41, 5.74) is 0.391. The molecule has 1 atom stereocenters. The van der Waals surface area contributed by atoms with Crippen molar-refractivity contribution >= 4 is 17.7 Å². The minimum absolute atomic E-state index is 0.0705.